The van der Waals surface area contributed by atoms with Gasteiger partial charge >= 0.3 is 284 Å². The van der Waals surface area contributed by atoms with Crippen molar-refractivity contribution in [3.8, 4) is 0 Å². The minimum absolute atomic E-state index is 0.281. The standard InChI is InChI=1S/3C11H8O2.C8H11.Ti/c3*12-11(13)10-7-3-5-8-4-1-2-6-9(8)10;1-6-4-5-7(2)8(6)3;/h3*1-7H,(H,12,13);4H2,1-3H3;/q;;;;+3/p-3. The summed E-state index contributed by atoms with van der Waals surface area (Å²) >= 11 is -5.48. The molecule has 0 atom stereocenters. The maximum absolute atomic E-state index is 14.4. The second kappa shape index (κ2) is 12.7. The molecule has 6 aromatic carbocycles. The molecule has 0 bridgehead atoms. The molecule has 0 saturated heterocycles. The molecule has 0 spiro atoms. The van der Waals surface area contributed by atoms with Crippen LogP contribution in [-0.4, -0.2) is 17.9 Å². The molecule has 7 heteroatoms. The Morgan fingerprint density at radius 3 is 1.12 bits per heavy atom. The van der Waals surface area contributed by atoms with E-state index in [9.17, 15) is 14.4 Å². The van der Waals surface area contributed by atoms with Gasteiger partial charge < -0.3 is 0 Å². The van der Waals surface area contributed by atoms with E-state index in [0.29, 0.717) is 26.5 Å². The van der Waals surface area contributed by atoms with E-state index in [1.54, 1.807) is 36.4 Å². The van der Waals surface area contributed by atoms with Crippen LogP contribution in [0.2, 0.25) is 0 Å². The van der Waals surface area contributed by atoms with Gasteiger partial charge in [0.25, 0.3) is 0 Å². The maximum atomic E-state index is 14.4. The average molecular weight is 669 g/mol. The first-order chi connectivity index (χ1) is 23.3. The van der Waals surface area contributed by atoms with Crippen LogP contribution in [0.25, 0.3) is 32.3 Å². The van der Waals surface area contributed by atoms with E-state index < -0.39 is 35.7 Å². The van der Waals surface area contributed by atoms with Gasteiger partial charge in [0.1, 0.15) is 0 Å². The van der Waals surface area contributed by atoms with Crippen molar-refractivity contribution in [2.45, 2.75) is 27.2 Å². The van der Waals surface area contributed by atoms with E-state index in [2.05, 4.69) is 0 Å². The third-order valence-electron chi connectivity index (χ3n) is 9.18. The zero-order valence-corrected chi connectivity index (χ0v) is 28.3. The van der Waals surface area contributed by atoms with Gasteiger partial charge in [0.05, 0.1) is 0 Å². The van der Waals surface area contributed by atoms with Crippen LogP contribution < -0.4 is 0 Å². The molecule has 0 heterocycles. The Hall–Kier alpha value is -5.30. The third kappa shape index (κ3) is 5.64. The molecule has 1 aliphatic rings. The number of allylic oxidation sites excluding steroid dienone is 4. The molecule has 0 amide bonds. The SMILES string of the molecule is CC1=C(C)C(C)=[C]([Ti]([O]C(=O)c2cccc3ccccc23)([O]C(=O)c2cccc3ccccc23)[O]C(=O)c2cccc3ccccc23)C1. The molecule has 0 aromatic heterocycles. The van der Waals surface area contributed by atoms with Crippen LogP contribution in [0.15, 0.2) is 148 Å². The second-order valence-corrected chi connectivity index (χ2v) is 15.6. The fourth-order valence-electron chi connectivity index (χ4n) is 6.40. The van der Waals surface area contributed by atoms with Crippen LogP contribution >= 0.6 is 0 Å². The number of carbonyl (C=O) groups is 3. The molecule has 7 rings (SSSR count). The molecular formula is C41H32O6Ti. The number of rotatable bonds is 7. The Morgan fingerprint density at radius 1 is 0.458 bits per heavy atom. The van der Waals surface area contributed by atoms with Crippen molar-refractivity contribution in [3.05, 3.63) is 165 Å². The average Bonchev–Trinajstić information content (AvgIpc) is 3.38. The van der Waals surface area contributed by atoms with Gasteiger partial charge in [-0.1, -0.05) is 0 Å². The van der Waals surface area contributed by atoms with Crippen LogP contribution in [0, 0.1) is 0 Å². The number of hydrogen-bond acceptors (Lipinski definition) is 6. The van der Waals surface area contributed by atoms with E-state index in [4.69, 9.17) is 9.96 Å². The van der Waals surface area contributed by atoms with Crippen molar-refractivity contribution in [2.75, 3.05) is 0 Å². The molecule has 6 nitrogen and oxygen atoms in total. The van der Waals surface area contributed by atoms with Crippen LogP contribution in [0.5, 0.6) is 0 Å². The van der Waals surface area contributed by atoms with Gasteiger partial charge in [0.15, 0.2) is 0 Å². The molecule has 6 aromatic rings. The monoisotopic (exact) mass is 668 g/mol. The first-order valence-corrected chi connectivity index (χ1v) is 18.5. The van der Waals surface area contributed by atoms with Gasteiger partial charge in [0.2, 0.25) is 0 Å². The van der Waals surface area contributed by atoms with E-state index in [1.807, 2.05) is 112 Å². The molecular weight excluding hydrogens is 636 g/mol. The number of fused-ring (bicyclic) bond motifs is 3. The quantitative estimate of drug-likeness (QED) is 0.158. The molecule has 0 aliphatic heterocycles. The summed E-state index contributed by atoms with van der Waals surface area (Å²) in [7, 11) is 0. The summed E-state index contributed by atoms with van der Waals surface area (Å²) in [5, 5.41) is 4.54. The zero-order valence-electron chi connectivity index (χ0n) is 26.8. The minimum atomic E-state index is -5.48. The van der Waals surface area contributed by atoms with Crippen molar-refractivity contribution in [3.63, 3.8) is 0 Å². The Kier molecular flexibility index (Phi) is 8.30. The Bertz CT molecular complexity index is 2110. The fourth-order valence-corrected chi connectivity index (χ4v) is 10.6. The van der Waals surface area contributed by atoms with Gasteiger partial charge in [-0.05, 0) is 0 Å². The molecule has 0 saturated carbocycles. The van der Waals surface area contributed by atoms with E-state index in [-0.39, 0.29) is 16.7 Å². The van der Waals surface area contributed by atoms with Crippen molar-refractivity contribution < 1.29 is 42.1 Å². The first-order valence-electron chi connectivity index (χ1n) is 15.8. The van der Waals surface area contributed by atoms with Gasteiger partial charge in [-0.15, -0.1) is 0 Å². The summed E-state index contributed by atoms with van der Waals surface area (Å²) in [4.78, 5) is 43.1. The summed E-state index contributed by atoms with van der Waals surface area (Å²) in [6.45, 7) is 5.84. The number of benzene rings is 6. The summed E-state index contributed by atoms with van der Waals surface area (Å²) in [5.41, 5.74) is 3.62. The predicted octanol–water partition coefficient (Wildman–Crippen LogP) is 9.93. The number of hydrogen-bond donors (Lipinski definition) is 0. The molecule has 48 heavy (non-hydrogen) atoms. The van der Waals surface area contributed by atoms with Crippen LogP contribution in [0.4, 0.5) is 0 Å². The van der Waals surface area contributed by atoms with Crippen LogP contribution in [-0.2, 0) is 27.7 Å². The number of carbonyl (C=O) groups excluding carboxylic acids is 3. The third-order valence-corrected chi connectivity index (χ3v) is 13.3. The van der Waals surface area contributed by atoms with Crippen molar-refractivity contribution in [1.82, 2.24) is 0 Å². The summed E-state index contributed by atoms with van der Waals surface area (Å²) < 4.78 is 20.0. The molecule has 0 unspecified atom stereocenters. The molecule has 236 valence electrons. The van der Waals surface area contributed by atoms with Crippen molar-refractivity contribution in [2.24, 2.45) is 0 Å². The predicted molar refractivity (Wildman–Crippen MR) is 184 cm³/mol. The first kappa shape index (κ1) is 31.3. The second-order valence-electron chi connectivity index (χ2n) is 12.0. The van der Waals surface area contributed by atoms with Crippen LogP contribution in [0.3, 0.4) is 0 Å². The topological polar surface area (TPSA) is 78.9 Å². The fraction of sp³-hybridized carbons (Fsp3) is 0.0976. The normalized spacial score (nSPS) is 13.3. The summed E-state index contributed by atoms with van der Waals surface area (Å²) in [6.07, 6.45) is 0.339. The van der Waals surface area contributed by atoms with E-state index in [1.165, 1.54) is 0 Å². The van der Waals surface area contributed by atoms with Gasteiger partial charge in [0, 0.05) is 0 Å². The molecule has 0 fully saturated rings. The van der Waals surface area contributed by atoms with Gasteiger partial charge in [-0.25, -0.2) is 0 Å². The molecule has 0 radical (unpaired) electrons. The van der Waals surface area contributed by atoms with Crippen molar-refractivity contribution >= 4 is 50.2 Å². The van der Waals surface area contributed by atoms with Gasteiger partial charge in [-0.3, -0.25) is 0 Å². The van der Waals surface area contributed by atoms with E-state index in [0.717, 1.165) is 32.9 Å². The molecule has 0 N–H and O–H groups in total. The molecule has 1 aliphatic carbocycles. The Labute approximate surface area is 283 Å². The Balaban J connectivity index is 1.41. The van der Waals surface area contributed by atoms with Crippen molar-refractivity contribution in [1.29, 1.82) is 0 Å². The zero-order chi connectivity index (χ0) is 33.4. The van der Waals surface area contributed by atoms with E-state index >= 15 is 0 Å². The van der Waals surface area contributed by atoms with Crippen LogP contribution in [0.1, 0.15) is 58.3 Å². The summed E-state index contributed by atoms with van der Waals surface area (Å²) in [5.74, 6) is -2.19. The van der Waals surface area contributed by atoms with Gasteiger partial charge in [-0.2, -0.15) is 0 Å². The Morgan fingerprint density at radius 2 is 0.792 bits per heavy atom. The summed E-state index contributed by atoms with van der Waals surface area (Å²) in [6, 6.07) is 38.4.